The fourth-order valence-electron chi connectivity index (χ4n) is 1.77. The molecule has 96 valence electrons. The van der Waals surface area contributed by atoms with Crippen LogP contribution >= 0.6 is 47.8 Å². The molecule has 2 aromatic rings. The van der Waals surface area contributed by atoms with Crippen LogP contribution in [0.3, 0.4) is 0 Å². The molecule has 1 heterocycles. The smallest absolute Gasteiger partial charge is 0.123 e. The molecule has 3 nitrogen and oxygen atoms in total. The normalized spacial score (nSPS) is 12.7. The summed E-state index contributed by atoms with van der Waals surface area (Å²) in [5.74, 6) is 0. The molecule has 0 saturated heterocycles. The van der Waals surface area contributed by atoms with Gasteiger partial charge in [-0.1, -0.05) is 37.9 Å². The average Bonchev–Trinajstić information content (AvgIpc) is 2.69. The highest BCUT2D eigenvalue weighted by molar-refractivity contribution is 9.11. The second kappa shape index (κ2) is 5.86. The third-order valence-electron chi connectivity index (χ3n) is 2.65. The molecule has 0 saturated carbocycles. The largest absolute Gasteiger partial charge is 0.382 e. The minimum Gasteiger partial charge on any atom is -0.382 e. The number of rotatable bonds is 3. The van der Waals surface area contributed by atoms with Gasteiger partial charge in [-0.3, -0.25) is 4.68 Å². The molecule has 0 spiro atoms. The van der Waals surface area contributed by atoms with Crippen molar-refractivity contribution in [1.82, 2.24) is 9.78 Å². The molecule has 1 unspecified atom stereocenters. The van der Waals surface area contributed by atoms with E-state index in [2.05, 4.69) is 52.9 Å². The second-order valence-electron chi connectivity index (χ2n) is 3.76. The lowest BCUT2D eigenvalue weighted by molar-refractivity contribution is 0.206. The number of halogens is 3. The summed E-state index contributed by atoms with van der Waals surface area (Å²) in [7, 11) is 0. The first kappa shape index (κ1) is 14.2. The highest BCUT2D eigenvalue weighted by Gasteiger charge is 2.21. The van der Waals surface area contributed by atoms with E-state index < -0.39 is 6.10 Å². The maximum atomic E-state index is 10.5. The molecule has 1 aromatic carbocycles. The molecule has 0 fully saturated rings. The average molecular weight is 439 g/mol. The zero-order chi connectivity index (χ0) is 13.3. The molecule has 0 aliphatic carbocycles. The van der Waals surface area contributed by atoms with Crippen molar-refractivity contribution in [3.8, 4) is 0 Å². The van der Waals surface area contributed by atoms with E-state index in [9.17, 15) is 5.11 Å². The van der Waals surface area contributed by atoms with E-state index >= 15 is 0 Å². The first-order valence-corrected chi connectivity index (χ1v) is 7.76. The van der Waals surface area contributed by atoms with E-state index in [0.29, 0.717) is 6.54 Å². The Hall–Kier alpha value is -0.170. The Labute approximate surface area is 131 Å². The predicted octanol–water partition coefficient (Wildman–Crippen LogP) is 4.27. The first-order chi connectivity index (χ1) is 8.54. The minimum absolute atomic E-state index is 0.714. The van der Waals surface area contributed by atoms with Gasteiger partial charge in [-0.2, -0.15) is 5.10 Å². The highest BCUT2D eigenvalue weighted by Crippen LogP contribution is 2.33. The molecule has 0 aliphatic heterocycles. The molecule has 0 amide bonds. The third-order valence-corrected chi connectivity index (χ3v) is 4.44. The maximum absolute atomic E-state index is 10.5. The Morgan fingerprint density at radius 3 is 2.61 bits per heavy atom. The third kappa shape index (κ3) is 2.71. The highest BCUT2D eigenvalue weighted by atomic mass is 79.9. The molecular formula is C12H11Br3N2O. The van der Waals surface area contributed by atoms with E-state index in [4.69, 9.17) is 0 Å². The number of aromatic nitrogens is 2. The predicted molar refractivity (Wildman–Crippen MR) is 81.5 cm³/mol. The van der Waals surface area contributed by atoms with Gasteiger partial charge in [-0.15, -0.1) is 0 Å². The Bertz CT molecular complexity index is 568. The van der Waals surface area contributed by atoms with Crippen molar-refractivity contribution in [2.24, 2.45) is 0 Å². The van der Waals surface area contributed by atoms with Crippen molar-refractivity contribution in [2.75, 3.05) is 0 Å². The van der Waals surface area contributed by atoms with Gasteiger partial charge in [0.05, 0.1) is 16.4 Å². The van der Waals surface area contributed by atoms with Crippen molar-refractivity contribution < 1.29 is 5.11 Å². The quantitative estimate of drug-likeness (QED) is 0.777. The number of hydrogen-bond donors (Lipinski definition) is 1. The first-order valence-electron chi connectivity index (χ1n) is 5.38. The zero-order valence-corrected chi connectivity index (χ0v) is 14.3. The van der Waals surface area contributed by atoms with Gasteiger partial charge in [0.25, 0.3) is 0 Å². The van der Waals surface area contributed by atoms with Crippen LogP contribution in [0.15, 0.2) is 37.8 Å². The van der Waals surface area contributed by atoms with E-state index in [1.165, 1.54) is 0 Å². The van der Waals surface area contributed by atoms with Crippen molar-refractivity contribution in [1.29, 1.82) is 0 Å². The Kier molecular flexibility index (Phi) is 4.64. The number of nitrogens with zero attached hydrogens (tertiary/aromatic N) is 2. The van der Waals surface area contributed by atoms with Crippen LogP contribution in [0.5, 0.6) is 0 Å². The van der Waals surface area contributed by atoms with Gasteiger partial charge >= 0.3 is 0 Å². The Morgan fingerprint density at radius 2 is 2.00 bits per heavy atom. The van der Waals surface area contributed by atoms with Crippen LogP contribution in [0.4, 0.5) is 0 Å². The molecule has 6 heteroatoms. The summed E-state index contributed by atoms with van der Waals surface area (Å²) in [6.07, 6.45) is 0.985. The zero-order valence-electron chi connectivity index (χ0n) is 9.57. The molecule has 1 atom stereocenters. The fourth-order valence-corrected chi connectivity index (χ4v) is 3.54. The van der Waals surface area contributed by atoms with Gasteiger partial charge in [-0.25, -0.2) is 0 Å². The number of benzene rings is 1. The second-order valence-corrected chi connectivity index (χ2v) is 6.39. The van der Waals surface area contributed by atoms with Gasteiger partial charge in [0.1, 0.15) is 6.10 Å². The number of aliphatic hydroxyl groups is 1. The van der Waals surface area contributed by atoms with Crippen LogP contribution in [0.2, 0.25) is 0 Å². The Morgan fingerprint density at radius 1 is 1.28 bits per heavy atom. The number of aliphatic hydroxyl groups excluding tert-OH is 1. The van der Waals surface area contributed by atoms with Gasteiger partial charge in [0.15, 0.2) is 0 Å². The molecule has 1 N–H and O–H groups in total. The van der Waals surface area contributed by atoms with Gasteiger partial charge in [0.2, 0.25) is 0 Å². The SMILES string of the molecule is CCn1ncc(Br)c1C(O)c1ccc(Br)cc1Br. The van der Waals surface area contributed by atoms with Gasteiger partial charge in [0, 0.05) is 21.1 Å². The summed E-state index contributed by atoms with van der Waals surface area (Å²) in [5.41, 5.74) is 1.58. The summed E-state index contributed by atoms with van der Waals surface area (Å²) in [6, 6.07) is 5.71. The van der Waals surface area contributed by atoms with Crippen molar-refractivity contribution in [3.63, 3.8) is 0 Å². The molecular weight excluding hydrogens is 428 g/mol. The number of aryl methyl sites for hydroxylation is 1. The lowest BCUT2D eigenvalue weighted by Gasteiger charge is -2.15. The standard InChI is InChI=1S/C12H11Br3N2O/c1-2-17-11(10(15)6-16-17)12(18)8-4-3-7(13)5-9(8)14/h3-6,12,18H,2H2,1H3. The summed E-state index contributed by atoms with van der Waals surface area (Å²) in [6.45, 7) is 2.71. The molecule has 2 rings (SSSR count). The molecule has 0 radical (unpaired) electrons. The van der Waals surface area contributed by atoms with Crippen molar-refractivity contribution in [2.45, 2.75) is 19.6 Å². The molecule has 1 aromatic heterocycles. The van der Waals surface area contributed by atoms with Crippen molar-refractivity contribution >= 4 is 47.8 Å². The summed E-state index contributed by atoms with van der Waals surface area (Å²) in [4.78, 5) is 0. The van der Waals surface area contributed by atoms with Gasteiger partial charge in [-0.05, 0) is 35.0 Å². The fraction of sp³-hybridized carbons (Fsp3) is 0.250. The van der Waals surface area contributed by atoms with Crippen LogP contribution in [0.25, 0.3) is 0 Å². The monoisotopic (exact) mass is 436 g/mol. The van der Waals surface area contributed by atoms with Crippen LogP contribution in [0, 0.1) is 0 Å². The number of hydrogen-bond acceptors (Lipinski definition) is 2. The van der Waals surface area contributed by atoms with Crippen LogP contribution in [-0.4, -0.2) is 14.9 Å². The lowest BCUT2D eigenvalue weighted by atomic mass is 10.1. The summed E-state index contributed by atoms with van der Waals surface area (Å²) in [5, 5.41) is 14.7. The molecule has 18 heavy (non-hydrogen) atoms. The topological polar surface area (TPSA) is 38.0 Å². The minimum atomic E-state index is -0.718. The van der Waals surface area contributed by atoms with Gasteiger partial charge < -0.3 is 5.11 Å². The lowest BCUT2D eigenvalue weighted by Crippen LogP contribution is -2.10. The summed E-state index contributed by atoms with van der Waals surface area (Å²) >= 11 is 10.3. The van der Waals surface area contributed by atoms with E-state index in [1.807, 2.05) is 25.1 Å². The van der Waals surface area contributed by atoms with Crippen LogP contribution in [0.1, 0.15) is 24.3 Å². The molecule has 0 aliphatic rings. The van der Waals surface area contributed by atoms with E-state index in [1.54, 1.807) is 10.9 Å². The molecule has 0 bridgehead atoms. The van der Waals surface area contributed by atoms with E-state index in [-0.39, 0.29) is 0 Å². The van der Waals surface area contributed by atoms with E-state index in [0.717, 1.165) is 24.7 Å². The summed E-state index contributed by atoms with van der Waals surface area (Å²) < 4.78 is 4.42. The maximum Gasteiger partial charge on any atom is 0.123 e. The van der Waals surface area contributed by atoms with Crippen molar-refractivity contribution in [3.05, 3.63) is 49.1 Å². The van der Waals surface area contributed by atoms with Crippen LogP contribution < -0.4 is 0 Å². The van der Waals surface area contributed by atoms with Crippen LogP contribution in [-0.2, 0) is 6.54 Å². The Balaban J connectivity index is 2.47.